The smallest absolute Gasteiger partial charge is 0.345 e. The molecule has 0 atom stereocenters. The molecule has 0 bridgehead atoms. The van der Waals surface area contributed by atoms with Crippen molar-refractivity contribution in [2.24, 2.45) is 0 Å². The van der Waals surface area contributed by atoms with Gasteiger partial charge in [-0.3, -0.25) is 24.6 Å². The molecule has 0 aromatic heterocycles. The van der Waals surface area contributed by atoms with Crippen LogP contribution in [0.15, 0.2) is 48.5 Å². The Morgan fingerprint density at radius 1 is 1.15 bits per heavy atom. The Bertz CT molecular complexity index is 911. The lowest BCUT2D eigenvalue weighted by Crippen LogP contribution is -2.44. The van der Waals surface area contributed by atoms with Gasteiger partial charge < -0.3 is 10.1 Å². The summed E-state index contributed by atoms with van der Waals surface area (Å²) in [5, 5.41) is 13.6. The van der Waals surface area contributed by atoms with Crippen molar-refractivity contribution >= 4 is 34.8 Å². The summed E-state index contributed by atoms with van der Waals surface area (Å²) >= 11 is 0. The van der Waals surface area contributed by atoms with Gasteiger partial charge in [0.1, 0.15) is 12.1 Å². The van der Waals surface area contributed by atoms with Crippen molar-refractivity contribution in [2.75, 3.05) is 23.4 Å². The van der Waals surface area contributed by atoms with E-state index in [1.54, 1.807) is 24.3 Å². The second-order valence-electron chi connectivity index (χ2n) is 5.40. The van der Waals surface area contributed by atoms with Gasteiger partial charge in [0, 0.05) is 6.07 Å². The monoisotopic (exact) mass is 355 g/mol. The number of nitrogens with one attached hydrogen (secondary N) is 1. The lowest BCUT2D eigenvalue weighted by Gasteiger charge is -2.28. The molecule has 9 nitrogen and oxygen atoms in total. The molecule has 1 aliphatic heterocycles. The van der Waals surface area contributed by atoms with Crippen molar-refractivity contribution in [2.45, 2.75) is 0 Å². The molecule has 1 heterocycles. The fraction of sp³-hybridized carbons (Fsp3) is 0.118. The van der Waals surface area contributed by atoms with Gasteiger partial charge in [0.05, 0.1) is 16.3 Å². The molecule has 2 amide bonds. The van der Waals surface area contributed by atoms with E-state index in [1.165, 1.54) is 29.2 Å². The minimum atomic E-state index is -0.986. The predicted molar refractivity (Wildman–Crippen MR) is 90.8 cm³/mol. The molecule has 9 heteroatoms. The largest absolute Gasteiger partial charge is 0.452 e. The Morgan fingerprint density at radius 3 is 2.62 bits per heavy atom. The third kappa shape index (κ3) is 3.36. The van der Waals surface area contributed by atoms with E-state index in [-0.39, 0.29) is 18.0 Å². The molecule has 2 aromatic carbocycles. The minimum absolute atomic E-state index is 0.209. The molecule has 1 aliphatic rings. The van der Waals surface area contributed by atoms with E-state index in [2.05, 4.69) is 5.32 Å². The van der Waals surface area contributed by atoms with E-state index in [4.69, 9.17) is 4.74 Å². The van der Waals surface area contributed by atoms with Gasteiger partial charge in [0.25, 0.3) is 11.6 Å². The number of carbonyl (C=O) groups excluding carboxylic acids is 3. The summed E-state index contributed by atoms with van der Waals surface area (Å²) in [5.74, 6) is -1.97. The maximum atomic E-state index is 12.4. The summed E-state index contributed by atoms with van der Waals surface area (Å²) in [6.07, 6.45) is 0. The first-order chi connectivity index (χ1) is 12.5. The van der Waals surface area contributed by atoms with Crippen molar-refractivity contribution in [3.8, 4) is 0 Å². The van der Waals surface area contributed by atoms with Gasteiger partial charge in [0.2, 0.25) is 5.91 Å². The summed E-state index contributed by atoms with van der Waals surface area (Å²) in [6.45, 7) is -0.856. The molecule has 0 aliphatic carbocycles. The Kier molecular flexibility index (Phi) is 4.61. The second-order valence-corrected chi connectivity index (χ2v) is 5.40. The fourth-order valence-corrected chi connectivity index (χ4v) is 2.54. The molecule has 0 saturated carbocycles. The molecule has 26 heavy (non-hydrogen) atoms. The predicted octanol–water partition coefficient (Wildman–Crippen LogP) is 1.74. The lowest BCUT2D eigenvalue weighted by molar-refractivity contribution is -0.385. The Labute approximate surface area is 147 Å². The summed E-state index contributed by atoms with van der Waals surface area (Å²) in [4.78, 5) is 47.7. The summed E-state index contributed by atoms with van der Waals surface area (Å²) < 4.78 is 4.92. The number of nitrogens with zero attached hydrogens (tertiary/aromatic N) is 2. The number of ether oxygens (including phenoxy) is 1. The number of nitro benzene ring substituents is 1. The van der Waals surface area contributed by atoms with Crippen LogP contribution < -0.4 is 10.2 Å². The summed E-state index contributed by atoms with van der Waals surface area (Å²) in [5.41, 5.74) is 0.302. The number of benzene rings is 2. The van der Waals surface area contributed by atoms with Crippen LogP contribution in [0.1, 0.15) is 10.4 Å². The first-order valence-electron chi connectivity index (χ1n) is 7.57. The SMILES string of the molecule is O=C1CN(C(=O)COC(=O)c2ccccc2[N+](=O)[O-])c2ccccc2N1. The molecular formula is C17H13N3O6. The van der Waals surface area contributed by atoms with Crippen molar-refractivity contribution in [1.29, 1.82) is 0 Å². The Balaban J connectivity index is 1.73. The van der Waals surface area contributed by atoms with Crippen LogP contribution in [-0.4, -0.2) is 35.9 Å². The highest BCUT2D eigenvalue weighted by atomic mass is 16.6. The van der Waals surface area contributed by atoms with Gasteiger partial charge in [-0.2, -0.15) is 0 Å². The maximum Gasteiger partial charge on any atom is 0.345 e. The van der Waals surface area contributed by atoms with E-state index in [0.29, 0.717) is 11.4 Å². The van der Waals surface area contributed by atoms with Gasteiger partial charge in [0.15, 0.2) is 6.61 Å². The van der Waals surface area contributed by atoms with Crippen LogP contribution in [-0.2, 0) is 14.3 Å². The van der Waals surface area contributed by atoms with Crippen LogP contribution in [0.3, 0.4) is 0 Å². The Hall–Kier alpha value is -3.75. The molecule has 3 rings (SSSR count). The van der Waals surface area contributed by atoms with E-state index in [1.807, 2.05) is 0 Å². The Morgan fingerprint density at radius 2 is 1.85 bits per heavy atom. The van der Waals surface area contributed by atoms with Crippen LogP contribution >= 0.6 is 0 Å². The number of hydrogen-bond donors (Lipinski definition) is 1. The lowest BCUT2D eigenvalue weighted by atomic mass is 10.2. The van der Waals surface area contributed by atoms with E-state index < -0.39 is 29.1 Å². The number of para-hydroxylation sites is 3. The molecule has 2 aromatic rings. The highest BCUT2D eigenvalue weighted by molar-refractivity contribution is 6.10. The zero-order valence-electron chi connectivity index (χ0n) is 13.4. The number of esters is 1. The van der Waals surface area contributed by atoms with E-state index in [0.717, 1.165) is 0 Å². The van der Waals surface area contributed by atoms with E-state index in [9.17, 15) is 24.5 Å². The van der Waals surface area contributed by atoms with Crippen molar-refractivity contribution in [3.05, 3.63) is 64.2 Å². The average molecular weight is 355 g/mol. The molecule has 0 radical (unpaired) electrons. The molecule has 132 valence electrons. The third-order valence-electron chi connectivity index (χ3n) is 3.72. The van der Waals surface area contributed by atoms with Crippen LogP contribution in [0.25, 0.3) is 0 Å². The first kappa shape index (κ1) is 17.1. The van der Waals surface area contributed by atoms with Crippen molar-refractivity contribution < 1.29 is 24.0 Å². The van der Waals surface area contributed by atoms with Gasteiger partial charge in [-0.25, -0.2) is 4.79 Å². The fourth-order valence-electron chi connectivity index (χ4n) is 2.54. The van der Waals surface area contributed by atoms with Crippen LogP contribution in [0.2, 0.25) is 0 Å². The van der Waals surface area contributed by atoms with Gasteiger partial charge >= 0.3 is 5.97 Å². The molecule has 0 saturated heterocycles. The topological polar surface area (TPSA) is 119 Å². The number of anilines is 2. The number of rotatable bonds is 4. The first-order valence-corrected chi connectivity index (χ1v) is 7.57. The van der Waals surface area contributed by atoms with Crippen molar-refractivity contribution in [3.63, 3.8) is 0 Å². The average Bonchev–Trinajstić information content (AvgIpc) is 2.65. The number of fused-ring (bicyclic) bond motifs is 1. The molecule has 0 spiro atoms. The maximum absolute atomic E-state index is 12.4. The minimum Gasteiger partial charge on any atom is -0.452 e. The molecular weight excluding hydrogens is 342 g/mol. The quantitative estimate of drug-likeness (QED) is 0.507. The standard InChI is InChI=1S/C17H13N3O6/c21-15-9-19(14-8-4-2-6-12(14)18-15)16(22)10-26-17(23)11-5-1-3-7-13(11)20(24)25/h1-8H,9-10H2,(H,18,21). The second kappa shape index (κ2) is 7.01. The number of carbonyl (C=O) groups is 3. The molecule has 0 fully saturated rings. The summed E-state index contributed by atoms with van der Waals surface area (Å²) in [6, 6.07) is 12.0. The number of nitro groups is 1. The van der Waals surface area contributed by atoms with Gasteiger partial charge in [-0.1, -0.05) is 24.3 Å². The van der Waals surface area contributed by atoms with Crippen LogP contribution in [0.4, 0.5) is 17.1 Å². The zero-order chi connectivity index (χ0) is 18.7. The normalized spacial score (nSPS) is 12.8. The third-order valence-corrected chi connectivity index (χ3v) is 3.72. The van der Waals surface area contributed by atoms with Crippen LogP contribution in [0, 0.1) is 10.1 Å². The highest BCUT2D eigenvalue weighted by Crippen LogP contribution is 2.29. The highest BCUT2D eigenvalue weighted by Gasteiger charge is 2.28. The summed E-state index contributed by atoms with van der Waals surface area (Å²) in [7, 11) is 0. The zero-order valence-corrected chi connectivity index (χ0v) is 13.4. The number of hydrogen-bond acceptors (Lipinski definition) is 6. The number of amides is 2. The van der Waals surface area contributed by atoms with Crippen LogP contribution in [0.5, 0.6) is 0 Å². The van der Waals surface area contributed by atoms with Gasteiger partial charge in [-0.15, -0.1) is 0 Å². The van der Waals surface area contributed by atoms with Gasteiger partial charge in [-0.05, 0) is 18.2 Å². The van der Waals surface area contributed by atoms with Crippen molar-refractivity contribution in [1.82, 2.24) is 0 Å². The molecule has 0 unspecified atom stereocenters. The molecule has 1 N–H and O–H groups in total. The van der Waals surface area contributed by atoms with E-state index >= 15 is 0 Å².